The summed E-state index contributed by atoms with van der Waals surface area (Å²) in [6.45, 7) is 12.6. The number of hydrogen-bond acceptors (Lipinski definition) is 1. The molecule has 2 aromatic rings. The van der Waals surface area contributed by atoms with E-state index in [2.05, 4.69) is 18.1 Å². The summed E-state index contributed by atoms with van der Waals surface area (Å²) in [6, 6.07) is 3.08. The number of allylic oxidation sites excluding steroid dienone is 2. The third kappa shape index (κ3) is 2.18. The van der Waals surface area contributed by atoms with E-state index >= 15 is 0 Å². The van der Waals surface area contributed by atoms with Crippen molar-refractivity contribution in [1.29, 1.82) is 0 Å². The van der Waals surface area contributed by atoms with E-state index in [4.69, 9.17) is 0 Å². The first kappa shape index (κ1) is 13.5. The molecular formula is C15H16F2N2. The highest BCUT2D eigenvalue weighted by molar-refractivity contribution is 5.85. The summed E-state index contributed by atoms with van der Waals surface area (Å²) < 4.78 is 29.1. The lowest BCUT2D eigenvalue weighted by atomic mass is 10.1. The summed E-state index contributed by atoms with van der Waals surface area (Å²) in [7, 11) is 0. The first-order valence-electron chi connectivity index (χ1n) is 6.05. The van der Waals surface area contributed by atoms with Crippen LogP contribution in [0, 0.1) is 12.7 Å². The van der Waals surface area contributed by atoms with E-state index in [-0.39, 0.29) is 11.6 Å². The molecule has 0 saturated carbocycles. The topological polar surface area (TPSA) is 17.8 Å². The van der Waals surface area contributed by atoms with Gasteiger partial charge >= 0.3 is 0 Å². The van der Waals surface area contributed by atoms with E-state index in [1.54, 1.807) is 6.07 Å². The van der Waals surface area contributed by atoms with Gasteiger partial charge in [-0.3, -0.25) is 0 Å². The Labute approximate surface area is 111 Å². The number of nitrogens with zero attached hydrogens (tertiary/aromatic N) is 2. The predicted molar refractivity (Wildman–Crippen MR) is 74.1 cm³/mol. The van der Waals surface area contributed by atoms with Crippen LogP contribution in [0.5, 0.6) is 0 Å². The molecule has 100 valence electrons. The number of benzene rings is 1. The number of halogens is 2. The van der Waals surface area contributed by atoms with Gasteiger partial charge in [-0.2, -0.15) is 0 Å². The summed E-state index contributed by atoms with van der Waals surface area (Å²) in [5.74, 6) is -0.408. The number of aromatic nitrogens is 2. The number of rotatable bonds is 3. The number of aryl methyl sites for hydroxylation is 1. The first-order chi connectivity index (χ1) is 8.82. The van der Waals surface area contributed by atoms with E-state index in [1.807, 2.05) is 25.3 Å². The lowest BCUT2D eigenvalue weighted by molar-refractivity contribution is 0.600. The second-order valence-electron chi connectivity index (χ2n) is 4.83. The minimum atomic E-state index is -0.661. The average Bonchev–Trinajstić information content (AvgIpc) is 2.64. The van der Waals surface area contributed by atoms with Gasteiger partial charge in [-0.15, -0.1) is 0 Å². The van der Waals surface area contributed by atoms with Crippen molar-refractivity contribution in [2.45, 2.75) is 26.8 Å². The van der Waals surface area contributed by atoms with Crippen molar-refractivity contribution >= 4 is 16.6 Å². The lowest BCUT2D eigenvalue weighted by Gasteiger charge is -2.12. The van der Waals surface area contributed by atoms with Crippen LogP contribution < -0.4 is 0 Å². The Hall–Kier alpha value is -1.97. The maximum absolute atomic E-state index is 14.1. The number of imidazole rings is 1. The zero-order chi connectivity index (χ0) is 14.3. The van der Waals surface area contributed by atoms with Gasteiger partial charge in [-0.05, 0) is 38.5 Å². The molecule has 2 rings (SSSR count). The summed E-state index contributed by atoms with van der Waals surface area (Å²) in [5.41, 5.74) is 1.42. The Balaban J connectivity index is 2.77. The Morgan fingerprint density at radius 3 is 2.47 bits per heavy atom. The fraction of sp³-hybridized carbons (Fsp3) is 0.267. The van der Waals surface area contributed by atoms with E-state index in [0.29, 0.717) is 16.6 Å². The van der Waals surface area contributed by atoms with Gasteiger partial charge in [0.25, 0.3) is 0 Å². The summed E-state index contributed by atoms with van der Waals surface area (Å²) in [4.78, 5) is 4.22. The van der Waals surface area contributed by atoms with Gasteiger partial charge in [0.15, 0.2) is 5.82 Å². The molecule has 19 heavy (non-hydrogen) atoms. The molecule has 0 bridgehead atoms. The maximum Gasteiger partial charge on any atom is 0.151 e. The van der Waals surface area contributed by atoms with Gasteiger partial charge in [0.2, 0.25) is 0 Å². The zero-order valence-corrected chi connectivity index (χ0v) is 11.3. The fourth-order valence-electron chi connectivity index (χ4n) is 2.25. The standard InChI is InChI=1S/C15H16F2N2/c1-8(2)19-11(5)18-15-13(17)6-12(7-14(15)19)9(3)10(4)16/h6-8H,3-4H2,1-2,5H3. The molecule has 0 aliphatic heterocycles. The van der Waals surface area contributed by atoms with Crippen LogP contribution in [0.15, 0.2) is 31.1 Å². The Bertz CT molecular complexity index is 681. The van der Waals surface area contributed by atoms with Crippen LogP contribution in [0.3, 0.4) is 0 Å². The molecule has 1 aromatic carbocycles. The average molecular weight is 262 g/mol. The van der Waals surface area contributed by atoms with E-state index in [9.17, 15) is 8.78 Å². The van der Waals surface area contributed by atoms with E-state index in [0.717, 1.165) is 5.82 Å². The molecule has 2 nitrogen and oxygen atoms in total. The second-order valence-corrected chi connectivity index (χ2v) is 4.83. The van der Waals surface area contributed by atoms with Gasteiger partial charge in [0.05, 0.1) is 5.52 Å². The van der Waals surface area contributed by atoms with Crippen LogP contribution in [-0.4, -0.2) is 9.55 Å². The summed E-state index contributed by atoms with van der Waals surface area (Å²) in [5, 5.41) is 0. The molecule has 0 atom stereocenters. The predicted octanol–water partition coefficient (Wildman–Crippen LogP) is 4.56. The summed E-state index contributed by atoms with van der Waals surface area (Å²) >= 11 is 0. The molecule has 0 spiro atoms. The van der Waals surface area contributed by atoms with Gasteiger partial charge in [0, 0.05) is 11.6 Å². The Morgan fingerprint density at radius 1 is 1.32 bits per heavy atom. The fourth-order valence-corrected chi connectivity index (χ4v) is 2.25. The molecule has 0 radical (unpaired) electrons. The van der Waals surface area contributed by atoms with Crippen LogP contribution in [0.1, 0.15) is 31.3 Å². The van der Waals surface area contributed by atoms with Crippen LogP contribution in [0.2, 0.25) is 0 Å². The highest BCUT2D eigenvalue weighted by atomic mass is 19.1. The first-order valence-corrected chi connectivity index (χ1v) is 6.05. The van der Waals surface area contributed by atoms with Gasteiger partial charge in [-0.1, -0.05) is 13.2 Å². The van der Waals surface area contributed by atoms with Crippen molar-refractivity contribution in [3.63, 3.8) is 0 Å². The molecule has 4 heteroatoms. The Morgan fingerprint density at radius 2 is 1.95 bits per heavy atom. The second kappa shape index (κ2) is 4.61. The lowest BCUT2D eigenvalue weighted by Crippen LogP contribution is -2.03. The maximum atomic E-state index is 14.1. The number of hydrogen-bond donors (Lipinski definition) is 0. The normalized spacial score (nSPS) is 11.3. The molecule has 0 unspecified atom stereocenters. The van der Waals surface area contributed by atoms with Gasteiger partial charge in [-0.25, -0.2) is 13.8 Å². The van der Waals surface area contributed by atoms with Crippen LogP contribution >= 0.6 is 0 Å². The minimum Gasteiger partial charge on any atom is -0.326 e. The largest absolute Gasteiger partial charge is 0.326 e. The molecule has 0 N–H and O–H groups in total. The minimum absolute atomic E-state index is 0.0926. The molecule has 1 heterocycles. The van der Waals surface area contributed by atoms with E-state index in [1.165, 1.54) is 6.07 Å². The Kier molecular flexibility index (Phi) is 3.27. The van der Waals surface area contributed by atoms with Crippen molar-refractivity contribution in [3.05, 3.63) is 48.3 Å². The molecule has 0 aliphatic rings. The zero-order valence-electron chi connectivity index (χ0n) is 11.3. The van der Waals surface area contributed by atoms with E-state index < -0.39 is 11.6 Å². The molecule has 1 aromatic heterocycles. The third-order valence-electron chi connectivity index (χ3n) is 3.12. The van der Waals surface area contributed by atoms with Crippen LogP contribution in [0.25, 0.3) is 16.6 Å². The van der Waals surface area contributed by atoms with Crippen molar-refractivity contribution in [3.8, 4) is 0 Å². The highest BCUT2D eigenvalue weighted by Gasteiger charge is 2.16. The van der Waals surface area contributed by atoms with Crippen molar-refractivity contribution < 1.29 is 8.78 Å². The molecule has 0 amide bonds. The van der Waals surface area contributed by atoms with Gasteiger partial charge in [0.1, 0.15) is 17.2 Å². The monoisotopic (exact) mass is 262 g/mol. The number of fused-ring (bicyclic) bond motifs is 1. The molecule has 0 fully saturated rings. The van der Waals surface area contributed by atoms with Crippen molar-refractivity contribution in [1.82, 2.24) is 9.55 Å². The molecule has 0 aliphatic carbocycles. The SMILES string of the molecule is C=C(F)C(=C)c1cc(F)c2nc(C)n(C(C)C)c2c1. The quantitative estimate of drug-likeness (QED) is 0.741. The smallest absolute Gasteiger partial charge is 0.151 e. The molecular weight excluding hydrogens is 246 g/mol. The molecule has 0 saturated heterocycles. The van der Waals surface area contributed by atoms with Crippen molar-refractivity contribution in [2.24, 2.45) is 0 Å². The van der Waals surface area contributed by atoms with Crippen molar-refractivity contribution in [2.75, 3.05) is 0 Å². The van der Waals surface area contributed by atoms with Gasteiger partial charge < -0.3 is 4.57 Å². The third-order valence-corrected chi connectivity index (χ3v) is 3.12. The van der Waals surface area contributed by atoms with Crippen LogP contribution in [-0.2, 0) is 0 Å². The highest BCUT2D eigenvalue weighted by Crippen LogP contribution is 2.29. The van der Waals surface area contributed by atoms with Crippen LogP contribution in [0.4, 0.5) is 8.78 Å². The summed E-state index contributed by atoms with van der Waals surface area (Å²) in [6.07, 6.45) is 0.